The molecule has 1 atom stereocenters. The van der Waals surface area contributed by atoms with Crippen LogP contribution < -0.4 is 10.5 Å². The van der Waals surface area contributed by atoms with Gasteiger partial charge in [0.05, 0.1) is 7.11 Å². The van der Waals surface area contributed by atoms with Crippen molar-refractivity contribution >= 4 is 22.5 Å². The van der Waals surface area contributed by atoms with E-state index in [0.29, 0.717) is 11.6 Å². The van der Waals surface area contributed by atoms with E-state index in [-0.39, 0.29) is 5.92 Å². The van der Waals surface area contributed by atoms with Gasteiger partial charge in [0, 0.05) is 28.0 Å². The van der Waals surface area contributed by atoms with Crippen molar-refractivity contribution in [2.24, 2.45) is 5.73 Å². The van der Waals surface area contributed by atoms with E-state index in [1.54, 1.807) is 7.11 Å². The molecular formula is C19H21ClN2O. The maximum absolute atomic E-state index is 6.15. The van der Waals surface area contributed by atoms with Gasteiger partial charge < -0.3 is 15.5 Å². The molecule has 0 fully saturated rings. The fourth-order valence-corrected chi connectivity index (χ4v) is 3.28. The molecule has 0 amide bonds. The first-order valence-electron chi connectivity index (χ1n) is 7.72. The van der Waals surface area contributed by atoms with Crippen LogP contribution >= 0.6 is 11.6 Å². The number of aromatic nitrogens is 1. The third-order valence-electron chi connectivity index (χ3n) is 4.30. The van der Waals surface area contributed by atoms with Crippen LogP contribution in [0.25, 0.3) is 10.9 Å². The third kappa shape index (κ3) is 3.21. The number of rotatable bonds is 5. The summed E-state index contributed by atoms with van der Waals surface area (Å²) in [6.07, 6.45) is 2.86. The Morgan fingerprint density at radius 3 is 2.78 bits per heavy atom. The predicted octanol–water partition coefficient (Wildman–Crippen LogP) is 4.42. The van der Waals surface area contributed by atoms with E-state index in [1.807, 2.05) is 18.2 Å². The molecule has 0 radical (unpaired) electrons. The number of benzene rings is 2. The number of aromatic amines is 1. The highest BCUT2D eigenvalue weighted by Crippen LogP contribution is 2.32. The van der Waals surface area contributed by atoms with Crippen molar-refractivity contribution < 1.29 is 4.74 Å². The number of hydrogen-bond acceptors (Lipinski definition) is 2. The topological polar surface area (TPSA) is 51.0 Å². The summed E-state index contributed by atoms with van der Waals surface area (Å²) in [6.45, 7) is 2.67. The number of aryl methyl sites for hydroxylation is 1. The Morgan fingerprint density at radius 1 is 1.22 bits per heavy atom. The first-order valence-corrected chi connectivity index (χ1v) is 8.10. The Kier molecular flexibility index (Phi) is 4.60. The quantitative estimate of drug-likeness (QED) is 0.728. The first kappa shape index (κ1) is 15.9. The normalized spacial score (nSPS) is 12.5. The summed E-state index contributed by atoms with van der Waals surface area (Å²) in [5.74, 6) is 1.06. The van der Waals surface area contributed by atoms with Crippen molar-refractivity contribution in [2.45, 2.75) is 19.3 Å². The van der Waals surface area contributed by atoms with Crippen LogP contribution in [0.5, 0.6) is 5.75 Å². The largest absolute Gasteiger partial charge is 0.496 e. The molecular weight excluding hydrogens is 308 g/mol. The zero-order valence-electron chi connectivity index (χ0n) is 13.4. The van der Waals surface area contributed by atoms with E-state index in [9.17, 15) is 0 Å². The smallest absolute Gasteiger partial charge is 0.122 e. The number of halogens is 1. The maximum Gasteiger partial charge on any atom is 0.122 e. The summed E-state index contributed by atoms with van der Waals surface area (Å²) >= 11 is 6.15. The number of nitrogens with one attached hydrogen (secondary N) is 1. The fourth-order valence-electron chi connectivity index (χ4n) is 3.09. The Morgan fingerprint density at radius 2 is 2.04 bits per heavy atom. The van der Waals surface area contributed by atoms with E-state index in [2.05, 4.69) is 36.3 Å². The highest BCUT2D eigenvalue weighted by atomic mass is 35.5. The van der Waals surface area contributed by atoms with Crippen molar-refractivity contribution in [2.75, 3.05) is 13.7 Å². The van der Waals surface area contributed by atoms with Gasteiger partial charge in [-0.3, -0.25) is 0 Å². The molecule has 1 aromatic heterocycles. The van der Waals surface area contributed by atoms with Gasteiger partial charge in [-0.25, -0.2) is 0 Å². The van der Waals surface area contributed by atoms with Crippen LogP contribution in [0.15, 0.2) is 42.6 Å². The van der Waals surface area contributed by atoms with Crippen LogP contribution in [0.3, 0.4) is 0 Å². The summed E-state index contributed by atoms with van der Waals surface area (Å²) in [5, 5.41) is 1.95. The molecule has 3 N–H and O–H groups in total. The predicted molar refractivity (Wildman–Crippen MR) is 96.5 cm³/mol. The second-order valence-electron chi connectivity index (χ2n) is 5.89. The minimum Gasteiger partial charge on any atom is -0.496 e. The Balaban J connectivity index is 1.99. The average molecular weight is 329 g/mol. The van der Waals surface area contributed by atoms with E-state index in [1.165, 1.54) is 16.5 Å². The molecule has 1 unspecified atom stereocenters. The molecule has 0 spiro atoms. The van der Waals surface area contributed by atoms with Gasteiger partial charge in [0.1, 0.15) is 5.75 Å². The van der Waals surface area contributed by atoms with Gasteiger partial charge in [-0.1, -0.05) is 23.2 Å². The molecule has 0 aliphatic heterocycles. The lowest BCUT2D eigenvalue weighted by molar-refractivity contribution is 0.408. The van der Waals surface area contributed by atoms with Gasteiger partial charge in [0.2, 0.25) is 0 Å². The highest BCUT2D eigenvalue weighted by Gasteiger charge is 2.17. The lowest BCUT2D eigenvalue weighted by Crippen LogP contribution is -2.15. The molecule has 0 saturated carbocycles. The van der Waals surface area contributed by atoms with Gasteiger partial charge in [-0.05, 0) is 61.3 Å². The number of fused-ring (bicyclic) bond motifs is 1. The number of hydrogen-bond donors (Lipinski definition) is 2. The summed E-state index contributed by atoms with van der Waals surface area (Å²) < 4.78 is 5.46. The summed E-state index contributed by atoms with van der Waals surface area (Å²) in [4.78, 5) is 3.34. The highest BCUT2D eigenvalue weighted by molar-refractivity contribution is 6.30. The molecule has 3 rings (SSSR count). The van der Waals surface area contributed by atoms with E-state index in [0.717, 1.165) is 23.3 Å². The minimum absolute atomic E-state index is 0.206. The van der Waals surface area contributed by atoms with Crippen molar-refractivity contribution in [3.63, 3.8) is 0 Å². The molecule has 0 aliphatic rings. The number of ether oxygens (including phenoxy) is 1. The molecule has 4 heteroatoms. The number of H-pyrrole nitrogens is 1. The van der Waals surface area contributed by atoms with Crippen molar-refractivity contribution in [3.05, 3.63) is 64.3 Å². The molecule has 0 bridgehead atoms. The number of nitrogens with two attached hydrogens (primary N) is 1. The summed E-state index contributed by atoms with van der Waals surface area (Å²) in [5.41, 5.74) is 10.8. The summed E-state index contributed by atoms with van der Waals surface area (Å²) in [7, 11) is 1.68. The van der Waals surface area contributed by atoms with Crippen molar-refractivity contribution in [1.82, 2.24) is 4.98 Å². The van der Waals surface area contributed by atoms with Crippen molar-refractivity contribution in [3.8, 4) is 5.75 Å². The Labute approximate surface area is 141 Å². The van der Waals surface area contributed by atoms with E-state index < -0.39 is 0 Å². The van der Waals surface area contributed by atoms with Crippen LogP contribution in [0.4, 0.5) is 0 Å². The molecule has 120 valence electrons. The van der Waals surface area contributed by atoms with Gasteiger partial charge in [-0.2, -0.15) is 0 Å². The standard InChI is InChI=1S/C19H21ClN2O/c1-12-3-5-18-16(7-12)17(11-22-18)14(10-21)8-13-9-15(20)4-6-19(13)23-2/h3-7,9,11,14,22H,8,10,21H2,1-2H3. The minimum atomic E-state index is 0.206. The first-order chi connectivity index (χ1) is 11.1. The lowest BCUT2D eigenvalue weighted by Gasteiger charge is -2.17. The second kappa shape index (κ2) is 6.65. The summed E-state index contributed by atoms with van der Waals surface area (Å²) in [6, 6.07) is 12.1. The SMILES string of the molecule is COc1ccc(Cl)cc1CC(CN)c1c[nH]c2ccc(C)cc12. The average Bonchev–Trinajstić information content (AvgIpc) is 2.95. The Bertz CT molecular complexity index is 825. The Hall–Kier alpha value is -1.97. The van der Waals surface area contributed by atoms with Crippen LogP contribution in [0.2, 0.25) is 5.02 Å². The zero-order valence-corrected chi connectivity index (χ0v) is 14.2. The van der Waals surface area contributed by atoms with Gasteiger partial charge in [-0.15, -0.1) is 0 Å². The lowest BCUT2D eigenvalue weighted by atomic mass is 9.91. The maximum atomic E-state index is 6.15. The van der Waals surface area contributed by atoms with Crippen LogP contribution in [-0.2, 0) is 6.42 Å². The van der Waals surface area contributed by atoms with Crippen molar-refractivity contribution in [1.29, 1.82) is 0 Å². The van der Waals surface area contributed by atoms with Crippen LogP contribution in [-0.4, -0.2) is 18.6 Å². The molecule has 3 aromatic rings. The zero-order chi connectivity index (χ0) is 16.4. The van der Waals surface area contributed by atoms with Crippen LogP contribution in [0.1, 0.15) is 22.6 Å². The van der Waals surface area contributed by atoms with E-state index in [4.69, 9.17) is 22.1 Å². The van der Waals surface area contributed by atoms with Crippen LogP contribution in [0, 0.1) is 6.92 Å². The third-order valence-corrected chi connectivity index (χ3v) is 4.54. The van der Waals surface area contributed by atoms with Gasteiger partial charge in [0.15, 0.2) is 0 Å². The fraction of sp³-hybridized carbons (Fsp3) is 0.263. The van der Waals surface area contributed by atoms with E-state index >= 15 is 0 Å². The van der Waals surface area contributed by atoms with Gasteiger partial charge >= 0.3 is 0 Å². The molecule has 3 nitrogen and oxygen atoms in total. The second-order valence-corrected chi connectivity index (χ2v) is 6.32. The monoisotopic (exact) mass is 328 g/mol. The molecule has 0 saturated heterocycles. The molecule has 23 heavy (non-hydrogen) atoms. The number of methoxy groups -OCH3 is 1. The van der Waals surface area contributed by atoms with Gasteiger partial charge in [0.25, 0.3) is 0 Å². The molecule has 0 aliphatic carbocycles. The molecule has 2 aromatic carbocycles. The molecule has 1 heterocycles.